The molecule has 0 aliphatic heterocycles. The summed E-state index contributed by atoms with van der Waals surface area (Å²) in [4.78, 5) is 6.77. The number of ether oxygens (including phenoxy) is 1. The van der Waals surface area contributed by atoms with E-state index in [9.17, 15) is 0 Å². The van der Waals surface area contributed by atoms with Crippen molar-refractivity contribution in [1.29, 1.82) is 0 Å². The SMILES string of the molecule is COc1ncccc1CN(Cc1ccc(N)cc1)C1CC1. The number of hydrogen-bond acceptors (Lipinski definition) is 4. The van der Waals surface area contributed by atoms with Gasteiger partial charge in [-0.3, -0.25) is 4.90 Å². The molecule has 1 saturated carbocycles. The highest BCUT2D eigenvalue weighted by molar-refractivity contribution is 5.39. The van der Waals surface area contributed by atoms with Gasteiger partial charge in [-0.05, 0) is 36.6 Å². The standard InChI is InChI=1S/C17H21N3O/c1-21-17-14(3-2-10-19-17)12-20(16-8-9-16)11-13-4-6-15(18)7-5-13/h2-7,10,16H,8-9,11-12,18H2,1H3. The second-order valence-electron chi connectivity index (χ2n) is 5.55. The number of anilines is 1. The molecular formula is C17H21N3O. The maximum atomic E-state index is 5.75. The van der Waals surface area contributed by atoms with Gasteiger partial charge in [-0.2, -0.15) is 0 Å². The normalized spacial score (nSPS) is 14.4. The average Bonchev–Trinajstić information content (AvgIpc) is 3.34. The van der Waals surface area contributed by atoms with E-state index in [4.69, 9.17) is 10.5 Å². The molecule has 0 radical (unpaired) electrons. The van der Waals surface area contributed by atoms with Crippen molar-refractivity contribution in [3.63, 3.8) is 0 Å². The van der Waals surface area contributed by atoms with Crippen molar-refractivity contribution >= 4 is 5.69 Å². The highest BCUT2D eigenvalue weighted by Crippen LogP contribution is 2.31. The lowest BCUT2D eigenvalue weighted by atomic mass is 10.1. The van der Waals surface area contributed by atoms with Crippen LogP contribution in [0.2, 0.25) is 0 Å². The van der Waals surface area contributed by atoms with Gasteiger partial charge in [-0.25, -0.2) is 4.98 Å². The van der Waals surface area contributed by atoms with Gasteiger partial charge in [0.05, 0.1) is 7.11 Å². The van der Waals surface area contributed by atoms with Crippen LogP contribution in [0, 0.1) is 0 Å². The van der Waals surface area contributed by atoms with Crippen molar-refractivity contribution in [1.82, 2.24) is 9.88 Å². The Morgan fingerprint density at radius 1 is 1.19 bits per heavy atom. The van der Waals surface area contributed by atoms with Crippen LogP contribution in [0.25, 0.3) is 0 Å². The lowest BCUT2D eigenvalue weighted by Crippen LogP contribution is -2.25. The molecule has 1 aliphatic rings. The lowest BCUT2D eigenvalue weighted by Gasteiger charge is -2.23. The van der Waals surface area contributed by atoms with Crippen molar-refractivity contribution in [2.45, 2.75) is 32.0 Å². The molecule has 1 aliphatic carbocycles. The highest BCUT2D eigenvalue weighted by atomic mass is 16.5. The number of benzene rings is 1. The molecule has 0 unspecified atom stereocenters. The fourth-order valence-electron chi connectivity index (χ4n) is 2.56. The van der Waals surface area contributed by atoms with Crippen molar-refractivity contribution < 1.29 is 4.74 Å². The minimum absolute atomic E-state index is 0.674. The average molecular weight is 283 g/mol. The van der Waals surface area contributed by atoms with Crippen LogP contribution < -0.4 is 10.5 Å². The van der Waals surface area contributed by atoms with Gasteiger partial charge < -0.3 is 10.5 Å². The molecule has 0 bridgehead atoms. The van der Waals surface area contributed by atoms with Crippen LogP contribution in [-0.4, -0.2) is 23.0 Å². The van der Waals surface area contributed by atoms with Crippen molar-refractivity contribution in [2.75, 3.05) is 12.8 Å². The predicted octanol–water partition coefficient (Wildman–Crippen LogP) is 2.84. The molecule has 2 N–H and O–H groups in total. The molecule has 21 heavy (non-hydrogen) atoms. The summed E-state index contributed by atoms with van der Waals surface area (Å²) in [5.74, 6) is 0.723. The van der Waals surface area contributed by atoms with E-state index < -0.39 is 0 Å². The first-order chi connectivity index (χ1) is 10.3. The number of pyridine rings is 1. The number of rotatable bonds is 6. The molecule has 0 saturated heterocycles. The molecule has 1 aromatic carbocycles. The van der Waals surface area contributed by atoms with Gasteiger partial charge in [0.1, 0.15) is 0 Å². The van der Waals surface area contributed by atoms with Gasteiger partial charge in [0.2, 0.25) is 5.88 Å². The summed E-state index contributed by atoms with van der Waals surface area (Å²) in [6.45, 7) is 1.80. The molecule has 4 heteroatoms. The van der Waals surface area contributed by atoms with Gasteiger partial charge in [-0.1, -0.05) is 18.2 Å². The number of nitrogens with zero attached hydrogens (tertiary/aromatic N) is 2. The minimum Gasteiger partial charge on any atom is -0.481 e. The topological polar surface area (TPSA) is 51.4 Å². The van der Waals surface area contributed by atoms with E-state index in [1.807, 2.05) is 18.2 Å². The summed E-state index contributed by atoms with van der Waals surface area (Å²) in [7, 11) is 1.67. The Balaban J connectivity index is 1.74. The van der Waals surface area contributed by atoms with E-state index in [2.05, 4.69) is 28.1 Å². The molecule has 0 amide bonds. The van der Waals surface area contributed by atoms with Crippen LogP contribution in [0.3, 0.4) is 0 Å². The van der Waals surface area contributed by atoms with Gasteiger partial charge in [-0.15, -0.1) is 0 Å². The summed E-state index contributed by atoms with van der Waals surface area (Å²) >= 11 is 0. The van der Waals surface area contributed by atoms with Crippen LogP contribution in [0.4, 0.5) is 5.69 Å². The first-order valence-corrected chi connectivity index (χ1v) is 7.32. The first kappa shape index (κ1) is 13.9. The molecular weight excluding hydrogens is 262 g/mol. The van der Waals surface area contributed by atoms with Crippen LogP contribution >= 0.6 is 0 Å². The van der Waals surface area contributed by atoms with Crippen LogP contribution in [-0.2, 0) is 13.1 Å². The Morgan fingerprint density at radius 3 is 2.62 bits per heavy atom. The van der Waals surface area contributed by atoms with Gasteiger partial charge in [0.15, 0.2) is 0 Å². The van der Waals surface area contributed by atoms with Gasteiger partial charge in [0.25, 0.3) is 0 Å². The summed E-state index contributed by atoms with van der Waals surface area (Å²) in [6, 6.07) is 12.9. The summed E-state index contributed by atoms with van der Waals surface area (Å²) in [6.07, 6.45) is 4.32. The number of methoxy groups -OCH3 is 1. The van der Waals surface area contributed by atoms with E-state index in [-0.39, 0.29) is 0 Å². The molecule has 0 atom stereocenters. The fourth-order valence-corrected chi connectivity index (χ4v) is 2.56. The summed E-state index contributed by atoms with van der Waals surface area (Å²) in [5.41, 5.74) is 9.00. The molecule has 3 rings (SSSR count). The van der Waals surface area contributed by atoms with Crippen LogP contribution in [0.15, 0.2) is 42.6 Å². The van der Waals surface area contributed by atoms with E-state index in [1.54, 1.807) is 13.3 Å². The second kappa shape index (κ2) is 6.14. The van der Waals surface area contributed by atoms with Crippen LogP contribution in [0.1, 0.15) is 24.0 Å². The third kappa shape index (κ3) is 3.52. The molecule has 1 fully saturated rings. The molecule has 1 aromatic heterocycles. The maximum absolute atomic E-state index is 5.75. The summed E-state index contributed by atoms with van der Waals surface area (Å²) in [5, 5.41) is 0. The monoisotopic (exact) mass is 283 g/mol. The second-order valence-corrected chi connectivity index (χ2v) is 5.55. The predicted molar refractivity (Wildman–Crippen MR) is 83.9 cm³/mol. The molecule has 2 aromatic rings. The molecule has 1 heterocycles. The zero-order valence-corrected chi connectivity index (χ0v) is 12.3. The van der Waals surface area contributed by atoms with Gasteiger partial charge in [0, 0.05) is 36.6 Å². The Labute approximate surface area is 125 Å². The van der Waals surface area contributed by atoms with Crippen molar-refractivity contribution in [2.24, 2.45) is 0 Å². The number of hydrogen-bond donors (Lipinski definition) is 1. The van der Waals surface area contributed by atoms with E-state index in [1.165, 1.54) is 18.4 Å². The number of aromatic nitrogens is 1. The van der Waals surface area contributed by atoms with Gasteiger partial charge >= 0.3 is 0 Å². The van der Waals surface area contributed by atoms with E-state index in [0.29, 0.717) is 6.04 Å². The Kier molecular flexibility index (Phi) is 4.06. The Bertz CT molecular complexity index is 593. The summed E-state index contributed by atoms with van der Waals surface area (Å²) < 4.78 is 5.36. The van der Waals surface area contributed by atoms with E-state index in [0.717, 1.165) is 30.2 Å². The quantitative estimate of drug-likeness (QED) is 0.828. The number of nitrogen functional groups attached to an aromatic ring is 1. The van der Waals surface area contributed by atoms with Crippen molar-refractivity contribution in [3.8, 4) is 5.88 Å². The van der Waals surface area contributed by atoms with Crippen LogP contribution in [0.5, 0.6) is 5.88 Å². The van der Waals surface area contributed by atoms with E-state index >= 15 is 0 Å². The fraction of sp³-hybridized carbons (Fsp3) is 0.353. The first-order valence-electron chi connectivity index (χ1n) is 7.32. The number of nitrogens with two attached hydrogens (primary N) is 1. The van der Waals surface area contributed by atoms with Crippen molar-refractivity contribution in [3.05, 3.63) is 53.7 Å². The largest absolute Gasteiger partial charge is 0.481 e. The smallest absolute Gasteiger partial charge is 0.217 e. The zero-order chi connectivity index (χ0) is 14.7. The third-order valence-corrected chi connectivity index (χ3v) is 3.85. The lowest BCUT2D eigenvalue weighted by molar-refractivity contribution is 0.240. The molecule has 4 nitrogen and oxygen atoms in total. The molecule has 110 valence electrons. The minimum atomic E-state index is 0.674. The maximum Gasteiger partial charge on any atom is 0.217 e. The Morgan fingerprint density at radius 2 is 1.95 bits per heavy atom. The Hall–Kier alpha value is -2.07. The third-order valence-electron chi connectivity index (χ3n) is 3.85. The highest BCUT2D eigenvalue weighted by Gasteiger charge is 2.29. The zero-order valence-electron chi connectivity index (χ0n) is 12.3. The molecule has 0 spiro atoms.